The lowest BCUT2D eigenvalue weighted by Crippen LogP contribution is -2.22. The molecule has 1 atom stereocenters. The number of hydrogen-bond donors (Lipinski definition) is 1. The number of unbranched alkanes of at least 4 members (excludes halogenated alkanes) is 1. The number of aromatic nitrogens is 2. The first-order valence-electron chi connectivity index (χ1n) is 9.00. The van der Waals surface area contributed by atoms with Crippen LogP contribution in [0.15, 0.2) is 35.1 Å². The number of nitrogens with one attached hydrogen (secondary N) is 1. The Kier molecular flexibility index (Phi) is 6.53. The molecule has 1 aromatic carbocycles. The Morgan fingerprint density at radius 1 is 1.27 bits per heavy atom. The van der Waals surface area contributed by atoms with E-state index in [0.717, 1.165) is 29.5 Å². The molecule has 1 saturated heterocycles. The van der Waals surface area contributed by atoms with E-state index in [1.807, 2.05) is 65.9 Å². The summed E-state index contributed by atoms with van der Waals surface area (Å²) >= 11 is 0. The zero-order valence-corrected chi connectivity index (χ0v) is 16.9. The van der Waals surface area contributed by atoms with Crippen LogP contribution in [0.2, 0.25) is 0 Å². The van der Waals surface area contributed by atoms with Crippen molar-refractivity contribution in [3.05, 3.63) is 46.4 Å². The van der Waals surface area contributed by atoms with E-state index in [1.165, 1.54) is 18.6 Å². The highest BCUT2D eigenvalue weighted by Gasteiger charge is 2.19. The third-order valence-corrected chi connectivity index (χ3v) is 7.73. The monoisotopic (exact) mass is 391 g/mol. The molecule has 1 aromatic heterocycles. The molecule has 2 heterocycles. The van der Waals surface area contributed by atoms with Crippen molar-refractivity contribution >= 4 is 33.2 Å². The number of carbonyl (C=O) groups excluding carboxylic acids is 1. The molecule has 140 valence electrons. The molecule has 26 heavy (non-hydrogen) atoms. The highest BCUT2D eigenvalue weighted by Crippen LogP contribution is 2.39. The minimum absolute atomic E-state index is 0.0792. The SMILES string of the molecule is Cc1c(NC(=O)CCCCC2CCSS2)c(=O)n(-c2ccccc2)n1C. The molecule has 0 aliphatic carbocycles. The van der Waals surface area contributed by atoms with Gasteiger partial charge in [0.2, 0.25) is 5.91 Å². The second-order valence-electron chi connectivity index (χ2n) is 6.56. The Bertz CT molecular complexity index is 808. The molecule has 7 heteroatoms. The van der Waals surface area contributed by atoms with Crippen molar-refractivity contribution in [1.29, 1.82) is 0 Å². The standard InChI is InChI=1S/C19H25N3O2S2/c1-14-18(19(24)22(21(14)2)15-8-4-3-5-9-15)20-17(23)11-7-6-10-16-12-13-25-26-16/h3-5,8-9,16H,6-7,10-13H2,1-2H3,(H,20,23). The van der Waals surface area contributed by atoms with E-state index in [-0.39, 0.29) is 11.5 Å². The lowest BCUT2D eigenvalue weighted by atomic mass is 10.1. The van der Waals surface area contributed by atoms with Crippen molar-refractivity contribution < 1.29 is 4.79 Å². The molecule has 0 saturated carbocycles. The molecule has 1 fully saturated rings. The van der Waals surface area contributed by atoms with Crippen LogP contribution >= 0.6 is 21.6 Å². The van der Waals surface area contributed by atoms with Gasteiger partial charge in [-0.2, -0.15) is 0 Å². The van der Waals surface area contributed by atoms with E-state index in [1.54, 1.807) is 9.36 Å². The number of nitrogens with zero attached hydrogens (tertiary/aromatic N) is 2. The summed E-state index contributed by atoms with van der Waals surface area (Å²) in [6.45, 7) is 1.85. The van der Waals surface area contributed by atoms with Gasteiger partial charge in [0.15, 0.2) is 0 Å². The van der Waals surface area contributed by atoms with Crippen molar-refractivity contribution in [2.45, 2.75) is 44.3 Å². The lowest BCUT2D eigenvalue weighted by Gasteiger charge is -2.07. The fourth-order valence-corrected chi connectivity index (χ4v) is 6.16. The Balaban J connectivity index is 1.60. The molecule has 1 aliphatic heterocycles. The highest BCUT2D eigenvalue weighted by molar-refractivity contribution is 8.77. The summed E-state index contributed by atoms with van der Waals surface area (Å²) in [5.74, 6) is 1.17. The van der Waals surface area contributed by atoms with Crippen LogP contribution in [-0.4, -0.2) is 26.3 Å². The maximum absolute atomic E-state index is 12.8. The van der Waals surface area contributed by atoms with Crippen LogP contribution in [0.5, 0.6) is 0 Å². The number of para-hydroxylation sites is 1. The maximum atomic E-state index is 12.8. The Labute approximate surface area is 161 Å². The molecular weight excluding hydrogens is 366 g/mol. The van der Waals surface area contributed by atoms with Crippen LogP contribution in [0.4, 0.5) is 5.69 Å². The Morgan fingerprint density at radius 2 is 2.04 bits per heavy atom. The molecule has 1 N–H and O–H groups in total. The van der Waals surface area contributed by atoms with E-state index in [9.17, 15) is 9.59 Å². The smallest absolute Gasteiger partial charge is 0.295 e. The number of carbonyl (C=O) groups is 1. The van der Waals surface area contributed by atoms with Gasteiger partial charge in [-0.05, 0) is 38.3 Å². The van der Waals surface area contributed by atoms with Gasteiger partial charge in [0, 0.05) is 24.5 Å². The number of amides is 1. The molecule has 1 amide bonds. The number of rotatable bonds is 7. The minimum Gasteiger partial charge on any atom is -0.320 e. The fraction of sp³-hybridized carbons (Fsp3) is 0.474. The van der Waals surface area contributed by atoms with Crippen LogP contribution in [0, 0.1) is 6.92 Å². The van der Waals surface area contributed by atoms with Gasteiger partial charge in [0.25, 0.3) is 5.56 Å². The van der Waals surface area contributed by atoms with Gasteiger partial charge in [-0.3, -0.25) is 14.3 Å². The summed E-state index contributed by atoms with van der Waals surface area (Å²) in [7, 11) is 5.76. The lowest BCUT2D eigenvalue weighted by molar-refractivity contribution is -0.116. The van der Waals surface area contributed by atoms with Crippen molar-refractivity contribution in [3.63, 3.8) is 0 Å². The summed E-state index contributed by atoms with van der Waals surface area (Å²) in [6.07, 6.45) is 4.85. The summed E-state index contributed by atoms with van der Waals surface area (Å²) in [5, 5.41) is 3.58. The third kappa shape index (κ3) is 4.38. The fourth-order valence-electron chi connectivity index (χ4n) is 3.14. The second kappa shape index (κ2) is 8.86. The van der Waals surface area contributed by atoms with Gasteiger partial charge >= 0.3 is 0 Å². The third-order valence-electron chi connectivity index (χ3n) is 4.73. The zero-order chi connectivity index (χ0) is 18.5. The van der Waals surface area contributed by atoms with E-state index < -0.39 is 0 Å². The van der Waals surface area contributed by atoms with E-state index >= 15 is 0 Å². The molecule has 1 aliphatic rings. The molecule has 3 rings (SSSR count). The van der Waals surface area contributed by atoms with Crippen molar-refractivity contribution in [2.24, 2.45) is 7.05 Å². The van der Waals surface area contributed by atoms with Crippen LogP contribution in [0.1, 0.15) is 37.8 Å². The molecule has 2 aromatic rings. The van der Waals surface area contributed by atoms with Gasteiger partial charge < -0.3 is 5.32 Å². The van der Waals surface area contributed by atoms with Crippen LogP contribution < -0.4 is 10.9 Å². The molecular formula is C19H25N3O2S2. The molecule has 1 unspecified atom stereocenters. The first kappa shape index (κ1) is 19.2. The van der Waals surface area contributed by atoms with E-state index in [4.69, 9.17) is 0 Å². The summed E-state index contributed by atoms with van der Waals surface area (Å²) in [6, 6.07) is 9.46. The van der Waals surface area contributed by atoms with Crippen LogP contribution in [0.3, 0.4) is 0 Å². The normalized spacial score (nSPS) is 16.8. The summed E-state index contributed by atoms with van der Waals surface area (Å²) in [5.41, 5.74) is 1.73. The van der Waals surface area contributed by atoms with Crippen molar-refractivity contribution in [1.82, 2.24) is 9.36 Å². The van der Waals surface area contributed by atoms with Crippen molar-refractivity contribution in [3.8, 4) is 5.69 Å². The van der Waals surface area contributed by atoms with Gasteiger partial charge in [0.05, 0.1) is 11.4 Å². The van der Waals surface area contributed by atoms with E-state index in [0.29, 0.717) is 12.1 Å². The second-order valence-corrected chi connectivity index (χ2v) is 9.35. The van der Waals surface area contributed by atoms with Crippen molar-refractivity contribution in [2.75, 3.05) is 11.1 Å². The first-order chi connectivity index (χ1) is 12.6. The molecule has 0 bridgehead atoms. The quantitative estimate of drug-likeness (QED) is 0.569. The van der Waals surface area contributed by atoms with Crippen LogP contribution in [-0.2, 0) is 11.8 Å². The minimum atomic E-state index is -0.191. The average molecular weight is 392 g/mol. The predicted molar refractivity (Wildman–Crippen MR) is 111 cm³/mol. The van der Waals surface area contributed by atoms with Crippen LogP contribution in [0.25, 0.3) is 5.69 Å². The zero-order valence-electron chi connectivity index (χ0n) is 15.2. The predicted octanol–water partition coefficient (Wildman–Crippen LogP) is 4.14. The summed E-state index contributed by atoms with van der Waals surface area (Å²) < 4.78 is 3.36. The maximum Gasteiger partial charge on any atom is 0.295 e. The first-order valence-corrected chi connectivity index (χ1v) is 11.4. The van der Waals surface area contributed by atoms with Gasteiger partial charge in [0.1, 0.15) is 5.69 Å². The summed E-state index contributed by atoms with van der Waals surface area (Å²) in [4.78, 5) is 25.1. The topological polar surface area (TPSA) is 56.0 Å². The van der Waals surface area contributed by atoms with Gasteiger partial charge in [-0.25, -0.2) is 4.68 Å². The Morgan fingerprint density at radius 3 is 2.73 bits per heavy atom. The largest absolute Gasteiger partial charge is 0.320 e. The Hall–Kier alpha value is -1.60. The molecule has 0 spiro atoms. The van der Waals surface area contributed by atoms with Gasteiger partial charge in [-0.15, -0.1) is 0 Å². The number of benzene rings is 1. The number of anilines is 1. The molecule has 0 radical (unpaired) electrons. The number of hydrogen-bond acceptors (Lipinski definition) is 4. The average Bonchev–Trinajstić information content (AvgIpc) is 3.23. The van der Waals surface area contributed by atoms with Gasteiger partial charge in [-0.1, -0.05) is 46.2 Å². The van der Waals surface area contributed by atoms with E-state index in [2.05, 4.69) is 5.32 Å². The molecule has 5 nitrogen and oxygen atoms in total. The highest BCUT2D eigenvalue weighted by atomic mass is 33.1.